The van der Waals surface area contributed by atoms with Crippen molar-refractivity contribution in [2.24, 2.45) is 0 Å². The number of aromatic nitrogens is 1. The van der Waals surface area contributed by atoms with E-state index in [9.17, 15) is 4.79 Å². The lowest BCUT2D eigenvalue weighted by Crippen LogP contribution is -2.35. The summed E-state index contributed by atoms with van der Waals surface area (Å²) in [6, 6.07) is 18.7. The maximum Gasteiger partial charge on any atom is 0.260 e. The molecule has 0 fully saturated rings. The van der Waals surface area contributed by atoms with Gasteiger partial charge in [0.05, 0.1) is 17.4 Å². The van der Waals surface area contributed by atoms with Gasteiger partial charge in [-0.3, -0.25) is 9.78 Å². The number of nitrogens with zero attached hydrogens (tertiary/aromatic N) is 3. The van der Waals surface area contributed by atoms with Gasteiger partial charge in [-0.25, -0.2) is 0 Å². The van der Waals surface area contributed by atoms with Gasteiger partial charge in [0.25, 0.3) is 5.91 Å². The van der Waals surface area contributed by atoms with Gasteiger partial charge < -0.3 is 9.80 Å². The Hall–Kier alpha value is -3.14. The third-order valence-corrected chi connectivity index (χ3v) is 5.60. The van der Waals surface area contributed by atoms with Gasteiger partial charge >= 0.3 is 0 Å². The van der Waals surface area contributed by atoms with Crippen LogP contribution in [0, 0.1) is 0 Å². The van der Waals surface area contributed by atoms with Crippen LogP contribution in [0.3, 0.4) is 0 Å². The Morgan fingerprint density at radius 3 is 2.59 bits per heavy atom. The molecule has 0 saturated carbocycles. The molecule has 1 aromatic heterocycles. The molecule has 2 aromatic carbocycles. The fourth-order valence-corrected chi connectivity index (χ4v) is 4.31. The van der Waals surface area contributed by atoms with Crippen molar-refractivity contribution in [2.45, 2.75) is 25.8 Å². The van der Waals surface area contributed by atoms with Crippen LogP contribution in [0.5, 0.6) is 0 Å². The largest absolute Gasteiger partial charge is 0.340 e. The van der Waals surface area contributed by atoms with Crippen LogP contribution in [0.4, 0.5) is 17.1 Å². The number of amides is 1. The summed E-state index contributed by atoms with van der Waals surface area (Å²) in [5.41, 5.74) is 6.43. The van der Waals surface area contributed by atoms with Crippen molar-refractivity contribution < 1.29 is 4.79 Å². The minimum atomic E-state index is 0.0225. The zero-order valence-corrected chi connectivity index (χ0v) is 15.3. The minimum Gasteiger partial charge on any atom is -0.340 e. The van der Waals surface area contributed by atoms with Crippen molar-refractivity contribution in [3.8, 4) is 0 Å². The van der Waals surface area contributed by atoms with Crippen LogP contribution in [0.2, 0.25) is 0 Å². The Kier molecular flexibility index (Phi) is 3.71. The number of benzene rings is 2. The highest BCUT2D eigenvalue weighted by molar-refractivity contribution is 6.08. The van der Waals surface area contributed by atoms with Crippen LogP contribution in [-0.2, 0) is 12.8 Å². The summed E-state index contributed by atoms with van der Waals surface area (Å²) >= 11 is 0. The standard InChI is InChI=1S/C23H21N3O/c1-16-12-18-7-3-5-9-22(18)26(16)23(27)19-13-20(15-24-14-19)25-11-10-17-6-2-4-8-21(17)25/h2-9,13-16H,10-12H2,1H3. The van der Waals surface area contributed by atoms with Crippen molar-refractivity contribution in [1.29, 1.82) is 0 Å². The highest BCUT2D eigenvalue weighted by atomic mass is 16.2. The monoisotopic (exact) mass is 355 g/mol. The second-order valence-electron chi connectivity index (χ2n) is 7.32. The fourth-order valence-electron chi connectivity index (χ4n) is 4.31. The number of carbonyl (C=O) groups excluding carboxylic acids is 1. The van der Waals surface area contributed by atoms with E-state index in [0.29, 0.717) is 5.56 Å². The molecule has 5 rings (SSSR count). The van der Waals surface area contributed by atoms with E-state index in [-0.39, 0.29) is 11.9 Å². The molecule has 0 saturated heterocycles. The number of para-hydroxylation sites is 2. The molecule has 0 spiro atoms. The van der Waals surface area contributed by atoms with Crippen LogP contribution in [0.15, 0.2) is 67.0 Å². The van der Waals surface area contributed by atoms with Gasteiger partial charge in [-0.1, -0.05) is 36.4 Å². The number of hydrogen-bond acceptors (Lipinski definition) is 3. The van der Waals surface area contributed by atoms with E-state index < -0.39 is 0 Å². The minimum absolute atomic E-state index is 0.0225. The number of hydrogen-bond donors (Lipinski definition) is 0. The lowest BCUT2D eigenvalue weighted by Gasteiger charge is -2.24. The van der Waals surface area contributed by atoms with Gasteiger partial charge in [0, 0.05) is 30.2 Å². The highest BCUT2D eigenvalue weighted by Gasteiger charge is 2.31. The Bertz CT molecular complexity index is 1030. The molecule has 1 atom stereocenters. The topological polar surface area (TPSA) is 36.4 Å². The molecule has 0 radical (unpaired) electrons. The average Bonchev–Trinajstić information content (AvgIpc) is 3.28. The second-order valence-corrected chi connectivity index (χ2v) is 7.32. The van der Waals surface area contributed by atoms with Crippen LogP contribution < -0.4 is 9.80 Å². The van der Waals surface area contributed by atoms with E-state index in [4.69, 9.17) is 0 Å². The van der Waals surface area contributed by atoms with Gasteiger partial charge in [0.15, 0.2) is 0 Å². The number of carbonyl (C=O) groups is 1. The lowest BCUT2D eigenvalue weighted by atomic mass is 10.1. The van der Waals surface area contributed by atoms with Crippen molar-refractivity contribution in [2.75, 3.05) is 16.3 Å². The van der Waals surface area contributed by atoms with E-state index in [2.05, 4.69) is 47.1 Å². The van der Waals surface area contributed by atoms with Crippen LogP contribution >= 0.6 is 0 Å². The molecule has 1 amide bonds. The Balaban J connectivity index is 1.49. The average molecular weight is 355 g/mol. The van der Waals surface area contributed by atoms with E-state index in [1.807, 2.05) is 35.4 Å². The van der Waals surface area contributed by atoms with Crippen LogP contribution in [0.1, 0.15) is 28.4 Å². The number of rotatable bonds is 2. The molecule has 27 heavy (non-hydrogen) atoms. The zero-order chi connectivity index (χ0) is 18.4. The molecule has 3 heterocycles. The Morgan fingerprint density at radius 1 is 1.00 bits per heavy atom. The van der Waals surface area contributed by atoms with E-state index in [0.717, 1.165) is 30.8 Å². The summed E-state index contributed by atoms with van der Waals surface area (Å²) < 4.78 is 0. The molecule has 2 aliphatic heterocycles. The SMILES string of the molecule is CC1Cc2ccccc2N1C(=O)c1cncc(N2CCc3ccccc32)c1. The highest BCUT2D eigenvalue weighted by Crippen LogP contribution is 2.36. The Morgan fingerprint density at radius 2 is 1.74 bits per heavy atom. The summed E-state index contributed by atoms with van der Waals surface area (Å²) in [6.07, 6.45) is 5.45. The number of fused-ring (bicyclic) bond motifs is 2. The molecule has 0 bridgehead atoms. The zero-order valence-electron chi connectivity index (χ0n) is 15.3. The summed E-state index contributed by atoms with van der Waals surface area (Å²) in [5.74, 6) is 0.0225. The quantitative estimate of drug-likeness (QED) is 0.685. The summed E-state index contributed by atoms with van der Waals surface area (Å²) in [6.45, 7) is 3.02. The van der Waals surface area contributed by atoms with Crippen LogP contribution in [0.25, 0.3) is 0 Å². The molecule has 4 heteroatoms. The van der Waals surface area contributed by atoms with Gasteiger partial charge in [0.2, 0.25) is 0 Å². The molecule has 134 valence electrons. The van der Waals surface area contributed by atoms with E-state index in [1.54, 1.807) is 6.20 Å². The van der Waals surface area contributed by atoms with Gasteiger partial charge in [-0.05, 0) is 49.1 Å². The predicted molar refractivity (Wildman–Crippen MR) is 108 cm³/mol. The summed E-state index contributed by atoms with van der Waals surface area (Å²) in [4.78, 5) is 21.8. The van der Waals surface area contributed by atoms with Gasteiger partial charge in [-0.15, -0.1) is 0 Å². The first kappa shape index (κ1) is 16.1. The third kappa shape index (κ3) is 2.60. The van der Waals surface area contributed by atoms with Crippen LogP contribution in [-0.4, -0.2) is 23.5 Å². The Labute approximate surface area is 159 Å². The molecule has 4 nitrogen and oxygen atoms in total. The van der Waals surface area contributed by atoms with Crippen molar-refractivity contribution in [3.63, 3.8) is 0 Å². The van der Waals surface area contributed by atoms with Gasteiger partial charge in [0.1, 0.15) is 0 Å². The second kappa shape index (κ2) is 6.23. The normalized spacial score (nSPS) is 17.7. The molecule has 2 aliphatic rings. The van der Waals surface area contributed by atoms with E-state index in [1.165, 1.54) is 16.8 Å². The van der Waals surface area contributed by atoms with Gasteiger partial charge in [-0.2, -0.15) is 0 Å². The molecule has 1 unspecified atom stereocenters. The number of pyridine rings is 1. The molecule has 3 aromatic rings. The first-order chi connectivity index (χ1) is 13.2. The molecular weight excluding hydrogens is 334 g/mol. The first-order valence-electron chi connectivity index (χ1n) is 9.44. The molecule has 0 N–H and O–H groups in total. The molecule has 0 aliphatic carbocycles. The first-order valence-corrected chi connectivity index (χ1v) is 9.44. The van der Waals surface area contributed by atoms with Crippen molar-refractivity contribution >= 4 is 23.0 Å². The van der Waals surface area contributed by atoms with Crippen molar-refractivity contribution in [3.05, 3.63) is 83.7 Å². The summed E-state index contributed by atoms with van der Waals surface area (Å²) in [5, 5.41) is 0. The smallest absolute Gasteiger partial charge is 0.260 e. The molecular formula is C23H21N3O. The maximum atomic E-state index is 13.3. The lowest BCUT2D eigenvalue weighted by molar-refractivity contribution is 0.0981. The predicted octanol–water partition coefficient (Wildman–Crippen LogP) is 4.37. The van der Waals surface area contributed by atoms with Crippen molar-refractivity contribution in [1.82, 2.24) is 4.98 Å². The van der Waals surface area contributed by atoms with E-state index >= 15 is 0 Å². The third-order valence-electron chi connectivity index (χ3n) is 5.60. The summed E-state index contributed by atoms with van der Waals surface area (Å²) in [7, 11) is 0. The number of anilines is 3. The fraction of sp³-hybridized carbons (Fsp3) is 0.217. The maximum absolute atomic E-state index is 13.3.